The highest BCUT2D eigenvalue weighted by Crippen LogP contribution is 2.39. The summed E-state index contributed by atoms with van der Waals surface area (Å²) < 4.78 is 0. The van der Waals surface area contributed by atoms with Crippen LogP contribution in [0.25, 0.3) is 21.3 Å². The monoisotopic (exact) mass is 475 g/mol. The summed E-state index contributed by atoms with van der Waals surface area (Å²) in [6.07, 6.45) is 1.50. The lowest BCUT2D eigenvalue weighted by molar-refractivity contribution is -0.115. The Morgan fingerprint density at radius 1 is 1.13 bits per heavy atom. The predicted molar refractivity (Wildman–Crippen MR) is 125 cm³/mol. The number of aromatic hydroxyl groups is 1. The lowest BCUT2D eigenvalue weighted by atomic mass is 10.1. The van der Waals surface area contributed by atoms with E-state index < -0.39 is 5.25 Å². The van der Waals surface area contributed by atoms with Crippen LogP contribution in [-0.2, 0) is 4.79 Å². The Labute approximate surface area is 191 Å². The van der Waals surface area contributed by atoms with E-state index in [1.807, 2.05) is 29.6 Å². The van der Waals surface area contributed by atoms with Gasteiger partial charge in [-0.3, -0.25) is 4.79 Å². The molecule has 152 valence electrons. The third kappa shape index (κ3) is 4.39. The number of halogens is 2. The first-order chi connectivity index (χ1) is 14.4. The molecule has 0 saturated carbocycles. The smallest absolute Gasteiger partial charge is 0.237 e. The molecule has 4 rings (SSSR count). The van der Waals surface area contributed by atoms with Gasteiger partial charge in [0.15, 0.2) is 0 Å². The Bertz CT molecular complexity index is 1230. The molecule has 4 aromatic rings. The topological polar surface area (TPSA) is 75.1 Å². The van der Waals surface area contributed by atoms with Crippen molar-refractivity contribution in [3.63, 3.8) is 0 Å². The second-order valence-corrected chi connectivity index (χ2v) is 9.49. The van der Waals surface area contributed by atoms with Crippen LogP contribution in [0.15, 0.2) is 59.2 Å². The zero-order valence-electron chi connectivity index (χ0n) is 15.6. The van der Waals surface area contributed by atoms with Gasteiger partial charge in [-0.25, -0.2) is 9.97 Å². The minimum Gasteiger partial charge on any atom is -0.506 e. The molecule has 0 saturated heterocycles. The molecule has 5 nitrogen and oxygen atoms in total. The highest BCUT2D eigenvalue weighted by Gasteiger charge is 2.21. The molecule has 0 aliphatic carbocycles. The summed E-state index contributed by atoms with van der Waals surface area (Å²) in [4.78, 5) is 22.3. The van der Waals surface area contributed by atoms with Crippen molar-refractivity contribution < 1.29 is 9.90 Å². The van der Waals surface area contributed by atoms with Crippen LogP contribution in [0.2, 0.25) is 10.0 Å². The predicted octanol–water partition coefficient (Wildman–Crippen LogP) is 6.49. The minimum absolute atomic E-state index is 0.0442. The van der Waals surface area contributed by atoms with Gasteiger partial charge in [-0.05, 0) is 42.8 Å². The number of thioether (sulfide) groups is 1. The summed E-state index contributed by atoms with van der Waals surface area (Å²) >= 11 is 14.8. The van der Waals surface area contributed by atoms with E-state index in [0.29, 0.717) is 15.1 Å². The van der Waals surface area contributed by atoms with Crippen LogP contribution in [0.5, 0.6) is 5.75 Å². The van der Waals surface area contributed by atoms with Crippen LogP contribution in [0.4, 0.5) is 5.69 Å². The van der Waals surface area contributed by atoms with Gasteiger partial charge in [-0.1, -0.05) is 47.1 Å². The fourth-order valence-electron chi connectivity index (χ4n) is 2.84. The fraction of sp³-hybridized carbons (Fsp3) is 0.0952. The number of thiophene rings is 1. The molecule has 0 bridgehead atoms. The van der Waals surface area contributed by atoms with Crippen molar-refractivity contribution >= 4 is 68.1 Å². The quantitative estimate of drug-likeness (QED) is 0.196. The second kappa shape index (κ2) is 8.81. The molecular weight excluding hydrogens is 461 g/mol. The van der Waals surface area contributed by atoms with Crippen LogP contribution in [0.3, 0.4) is 0 Å². The Morgan fingerprint density at radius 3 is 2.63 bits per heavy atom. The summed E-state index contributed by atoms with van der Waals surface area (Å²) in [7, 11) is 0. The van der Waals surface area contributed by atoms with Crippen molar-refractivity contribution in [2.24, 2.45) is 0 Å². The molecule has 2 heterocycles. The molecule has 0 fully saturated rings. The largest absolute Gasteiger partial charge is 0.506 e. The molecule has 0 aliphatic rings. The van der Waals surface area contributed by atoms with E-state index in [4.69, 9.17) is 23.2 Å². The summed E-state index contributed by atoms with van der Waals surface area (Å²) in [5.41, 5.74) is 2.27. The molecule has 1 atom stereocenters. The first-order valence-corrected chi connectivity index (χ1v) is 11.4. The molecule has 1 unspecified atom stereocenters. The number of amides is 1. The molecule has 2 N–H and O–H groups in total. The van der Waals surface area contributed by atoms with E-state index in [0.717, 1.165) is 21.3 Å². The first-order valence-electron chi connectivity index (χ1n) is 8.86. The number of hydrogen-bond donors (Lipinski definition) is 2. The van der Waals surface area contributed by atoms with Crippen molar-refractivity contribution in [3.8, 4) is 16.9 Å². The zero-order chi connectivity index (χ0) is 21.3. The molecule has 9 heteroatoms. The third-order valence-electron chi connectivity index (χ3n) is 4.36. The number of benzene rings is 2. The lowest BCUT2D eigenvalue weighted by Crippen LogP contribution is -2.22. The van der Waals surface area contributed by atoms with Gasteiger partial charge in [0.1, 0.15) is 21.9 Å². The van der Waals surface area contributed by atoms with E-state index >= 15 is 0 Å². The van der Waals surface area contributed by atoms with E-state index in [-0.39, 0.29) is 17.3 Å². The van der Waals surface area contributed by atoms with Gasteiger partial charge in [0.05, 0.1) is 16.3 Å². The minimum atomic E-state index is -0.473. The Hall–Kier alpha value is -2.32. The highest BCUT2D eigenvalue weighted by atomic mass is 35.5. The van der Waals surface area contributed by atoms with Crippen molar-refractivity contribution in [2.45, 2.75) is 17.2 Å². The van der Waals surface area contributed by atoms with Gasteiger partial charge >= 0.3 is 0 Å². The molecule has 0 spiro atoms. The number of fused-ring (bicyclic) bond motifs is 1. The first kappa shape index (κ1) is 20.9. The average Bonchev–Trinajstić information content (AvgIpc) is 3.16. The van der Waals surface area contributed by atoms with Crippen LogP contribution < -0.4 is 5.32 Å². The number of nitrogens with one attached hydrogen (secondary N) is 1. The van der Waals surface area contributed by atoms with Gasteiger partial charge in [-0.2, -0.15) is 0 Å². The van der Waals surface area contributed by atoms with Crippen LogP contribution in [0.1, 0.15) is 6.92 Å². The number of phenols is 1. The second-order valence-electron chi connectivity index (χ2n) is 6.43. The molecule has 1 amide bonds. The van der Waals surface area contributed by atoms with E-state index in [2.05, 4.69) is 15.3 Å². The van der Waals surface area contributed by atoms with Crippen LogP contribution in [-0.4, -0.2) is 26.2 Å². The van der Waals surface area contributed by atoms with Crippen molar-refractivity contribution in [1.82, 2.24) is 9.97 Å². The summed E-state index contributed by atoms with van der Waals surface area (Å²) in [5, 5.41) is 16.9. The molecule has 2 aromatic carbocycles. The Balaban J connectivity index is 1.61. The van der Waals surface area contributed by atoms with Crippen molar-refractivity contribution in [1.29, 1.82) is 0 Å². The number of phenolic OH excluding ortho intramolecular Hbond substituents is 1. The maximum absolute atomic E-state index is 12.7. The van der Waals surface area contributed by atoms with Crippen molar-refractivity contribution in [2.75, 3.05) is 5.32 Å². The number of rotatable bonds is 5. The Kier molecular flexibility index (Phi) is 6.15. The van der Waals surface area contributed by atoms with Crippen LogP contribution >= 0.6 is 46.3 Å². The standard InChI is InChI=1S/C21H15Cl2N3O2S2/c1-11(19(28)26-16-8-14(23)6-7-17(16)27)30-21-18-15(9-29-20(18)24-10-25-21)12-2-4-13(22)5-3-12/h2-11,27H,1H3,(H,26,28). The van der Waals surface area contributed by atoms with Gasteiger partial charge in [0, 0.05) is 21.0 Å². The lowest BCUT2D eigenvalue weighted by Gasteiger charge is -2.13. The normalized spacial score (nSPS) is 12.1. The third-order valence-corrected chi connectivity index (χ3v) is 6.84. The Morgan fingerprint density at radius 2 is 1.87 bits per heavy atom. The van der Waals surface area contributed by atoms with E-state index in [1.54, 1.807) is 13.0 Å². The molecular formula is C21H15Cl2N3O2S2. The van der Waals surface area contributed by atoms with Crippen molar-refractivity contribution in [3.05, 3.63) is 64.2 Å². The summed E-state index contributed by atoms with van der Waals surface area (Å²) in [6, 6.07) is 12.1. The van der Waals surface area contributed by atoms with Gasteiger partial charge in [0.2, 0.25) is 5.91 Å². The fourth-order valence-corrected chi connectivity index (χ4v) is 5.05. The maximum Gasteiger partial charge on any atom is 0.237 e. The average molecular weight is 476 g/mol. The van der Waals surface area contributed by atoms with E-state index in [9.17, 15) is 9.90 Å². The van der Waals surface area contributed by atoms with Gasteiger partial charge in [-0.15, -0.1) is 11.3 Å². The molecule has 2 aromatic heterocycles. The highest BCUT2D eigenvalue weighted by molar-refractivity contribution is 8.00. The van der Waals surface area contributed by atoms with Gasteiger partial charge in [0.25, 0.3) is 0 Å². The molecule has 0 radical (unpaired) electrons. The SMILES string of the molecule is CC(Sc1ncnc2scc(-c3ccc(Cl)cc3)c12)C(=O)Nc1cc(Cl)ccc1O. The number of anilines is 1. The number of carbonyl (C=O) groups is 1. The van der Waals surface area contributed by atoms with Gasteiger partial charge < -0.3 is 10.4 Å². The number of nitrogens with zero attached hydrogens (tertiary/aromatic N) is 2. The molecule has 30 heavy (non-hydrogen) atoms. The summed E-state index contributed by atoms with van der Waals surface area (Å²) in [5.74, 6) is -0.315. The summed E-state index contributed by atoms with van der Waals surface area (Å²) in [6.45, 7) is 1.78. The molecule has 0 aliphatic heterocycles. The maximum atomic E-state index is 12.7. The zero-order valence-corrected chi connectivity index (χ0v) is 18.7. The number of carbonyl (C=O) groups excluding carboxylic acids is 1. The number of aromatic nitrogens is 2. The van der Waals surface area contributed by atoms with Crippen LogP contribution in [0, 0.1) is 0 Å². The van der Waals surface area contributed by atoms with E-state index in [1.165, 1.54) is 41.6 Å². The number of hydrogen-bond acceptors (Lipinski definition) is 6.